The van der Waals surface area contributed by atoms with Crippen molar-refractivity contribution in [1.29, 1.82) is 0 Å². The van der Waals surface area contributed by atoms with Gasteiger partial charge >= 0.3 is 0 Å². The Hall–Kier alpha value is -1.18. The van der Waals surface area contributed by atoms with E-state index in [4.69, 9.17) is 9.47 Å². The van der Waals surface area contributed by atoms with Gasteiger partial charge in [-0.1, -0.05) is 19.1 Å². The van der Waals surface area contributed by atoms with Crippen LogP contribution >= 0.6 is 0 Å². The van der Waals surface area contributed by atoms with Gasteiger partial charge in [-0.15, -0.1) is 0 Å². The van der Waals surface area contributed by atoms with E-state index in [1.807, 2.05) is 27.7 Å². The normalized spacial score (nSPS) is 28.4. The molecule has 1 saturated heterocycles. The molecule has 4 N–H and O–H groups in total. The Labute approximate surface area is 175 Å². The lowest BCUT2D eigenvalue weighted by Gasteiger charge is -2.41. The van der Waals surface area contributed by atoms with Crippen molar-refractivity contribution in [2.45, 2.75) is 97.0 Å². The summed E-state index contributed by atoms with van der Waals surface area (Å²) in [7, 11) is 0. The van der Waals surface area contributed by atoms with Crippen molar-refractivity contribution in [3.8, 4) is 0 Å². The van der Waals surface area contributed by atoms with E-state index in [0.29, 0.717) is 13.0 Å². The molecule has 29 heavy (non-hydrogen) atoms. The lowest BCUT2D eigenvalue weighted by atomic mass is 9.85. The van der Waals surface area contributed by atoms with Gasteiger partial charge in [0.15, 0.2) is 0 Å². The lowest BCUT2D eigenvalue weighted by Crippen LogP contribution is -2.55. The zero-order chi connectivity index (χ0) is 22.0. The van der Waals surface area contributed by atoms with E-state index in [1.54, 1.807) is 0 Å². The number of hydrogen-bond acceptors (Lipinski definition) is 6. The Morgan fingerprint density at radius 2 is 1.69 bits per heavy atom. The molecule has 0 saturated carbocycles. The summed E-state index contributed by atoms with van der Waals surface area (Å²) in [5.74, 6) is -0.251. The molecule has 1 aromatic rings. The molecule has 2 rings (SSSR count). The summed E-state index contributed by atoms with van der Waals surface area (Å²) in [4.78, 5) is 0. The molecule has 0 bridgehead atoms. The van der Waals surface area contributed by atoms with Gasteiger partial charge in [0.1, 0.15) is 12.2 Å². The predicted molar refractivity (Wildman–Crippen MR) is 115 cm³/mol. The Morgan fingerprint density at radius 1 is 1.03 bits per heavy atom. The van der Waals surface area contributed by atoms with E-state index in [9.17, 15) is 15.3 Å². The van der Waals surface area contributed by atoms with Crippen molar-refractivity contribution < 1.29 is 24.8 Å². The van der Waals surface area contributed by atoms with Gasteiger partial charge in [-0.25, -0.2) is 0 Å². The number of benzene rings is 1. The average Bonchev–Trinajstić information content (AvgIpc) is 2.60. The largest absolute Gasteiger partial charge is 0.394 e. The summed E-state index contributed by atoms with van der Waals surface area (Å²) < 4.78 is 11.9. The van der Waals surface area contributed by atoms with Crippen LogP contribution in [-0.4, -0.2) is 57.5 Å². The van der Waals surface area contributed by atoms with Crippen molar-refractivity contribution in [3.05, 3.63) is 29.3 Å². The Morgan fingerprint density at radius 3 is 2.24 bits per heavy atom. The van der Waals surface area contributed by atoms with Crippen LogP contribution in [0.4, 0.5) is 5.69 Å². The summed E-state index contributed by atoms with van der Waals surface area (Å²) in [6, 6.07) is 6.22. The molecule has 6 heteroatoms. The van der Waals surface area contributed by atoms with E-state index >= 15 is 0 Å². The van der Waals surface area contributed by atoms with E-state index < -0.39 is 18.3 Å². The van der Waals surface area contributed by atoms with Crippen LogP contribution in [-0.2, 0) is 22.5 Å². The molecule has 0 aromatic heterocycles. The first-order chi connectivity index (χ1) is 13.3. The summed E-state index contributed by atoms with van der Waals surface area (Å²) >= 11 is 0. The highest BCUT2D eigenvalue weighted by atomic mass is 16.5. The highest BCUT2D eigenvalue weighted by Gasteiger charge is 2.41. The number of ether oxygens (including phenoxy) is 2. The molecular formula is C23H39NO5. The standard InChI is InChI=1S/C23H39NO5/c1-14-18(29-19(12-25)21(27)20(14)26)11-16-9-8-15(13-28-23(5,6)7)10-17(16)24-22(2,3)4/h8-10,14,18-21,24-27H,11-13H2,1-7H3. The lowest BCUT2D eigenvalue weighted by molar-refractivity contribution is -0.204. The van der Waals surface area contributed by atoms with Gasteiger partial charge in [0.2, 0.25) is 0 Å². The van der Waals surface area contributed by atoms with E-state index in [2.05, 4.69) is 44.3 Å². The second-order valence-corrected chi connectivity index (χ2v) is 10.2. The number of aliphatic hydroxyl groups is 3. The van der Waals surface area contributed by atoms with Crippen LogP contribution in [0.3, 0.4) is 0 Å². The quantitative estimate of drug-likeness (QED) is 0.578. The molecule has 1 aliphatic rings. The fourth-order valence-electron chi connectivity index (χ4n) is 3.49. The summed E-state index contributed by atoms with van der Waals surface area (Å²) in [6.07, 6.45) is -2.51. The highest BCUT2D eigenvalue weighted by Crippen LogP contribution is 2.31. The SMILES string of the molecule is CC1C(Cc2ccc(COC(C)(C)C)cc2NC(C)(C)C)OC(CO)C(O)C1O. The van der Waals surface area contributed by atoms with E-state index in [1.165, 1.54) is 0 Å². The molecule has 0 aliphatic carbocycles. The van der Waals surface area contributed by atoms with Crippen LogP contribution < -0.4 is 5.32 Å². The monoisotopic (exact) mass is 409 g/mol. The first kappa shape index (κ1) is 24.1. The van der Waals surface area contributed by atoms with Gasteiger partial charge in [0, 0.05) is 23.6 Å². The molecule has 1 aromatic carbocycles. The molecule has 166 valence electrons. The molecule has 1 aliphatic heterocycles. The summed E-state index contributed by atoms with van der Waals surface area (Å²) in [5, 5.41) is 33.5. The minimum absolute atomic E-state index is 0.124. The third kappa shape index (κ3) is 6.93. The minimum atomic E-state index is -1.07. The van der Waals surface area contributed by atoms with Crippen molar-refractivity contribution in [2.24, 2.45) is 5.92 Å². The maximum absolute atomic E-state index is 10.4. The molecule has 1 fully saturated rings. The van der Waals surface area contributed by atoms with Crippen LogP contribution in [0.5, 0.6) is 0 Å². The summed E-state index contributed by atoms with van der Waals surface area (Å²) in [5.41, 5.74) is 2.82. The summed E-state index contributed by atoms with van der Waals surface area (Å²) in [6.45, 7) is 14.5. The fraction of sp³-hybridized carbons (Fsp3) is 0.739. The first-order valence-corrected chi connectivity index (χ1v) is 10.5. The number of hydrogen-bond donors (Lipinski definition) is 4. The van der Waals surface area contributed by atoms with Crippen molar-refractivity contribution in [2.75, 3.05) is 11.9 Å². The predicted octanol–water partition coefficient (Wildman–Crippen LogP) is 2.87. The van der Waals surface area contributed by atoms with Crippen LogP contribution in [0.2, 0.25) is 0 Å². The third-order valence-electron chi connectivity index (χ3n) is 5.16. The smallest absolute Gasteiger partial charge is 0.109 e. The molecule has 0 spiro atoms. The number of rotatable bonds is 6. The topological polar surface area (TPSA) is 91.2 Å². The molecule has 6 nitrogen and oxygen atoms in total. The zero-order valence-corrected chi connectivity index (χ0v) is 18.9. The number of nitrogens with one attached hydrogen (secondary N) is 1. The van der Waals surface area contributed by atoms with Crippen molar-refractivity contribution >= 4 is 5.69 Å². The maximum Gasteiger partial charge on any atom is 0.109 e. The van der Waals surface area contributed by atoms with Gasteiger partial charge in [0.25, 0.3) is 0 Å². The third-order valence-corrected chi connectivity index (χ3v) is 5.16. The molecule has 1 heterocycles. The Bertz CT molecular complexity index is 662. The molecule has 5 atom stereocenters. The van der Waals surface area contributed by atoms with E-state index in [0.717, 1.165) is 16.8 Å². The second-order valence-electron chi connectivity index (χ2n) is 10.2. The maximum atomic E-state index is 10.4. The van der Waals surface area contributed by atoms with Crippen LogP contribution in [0.1, 0.15) is 59.6 Å². The van der Waals surface area contributed by atoms with Gasteiger partial charge in [-0.3, -0.25) is 0 Å². The van der Waals surface area contributed by atoms with Crippen molar-refractivity contribution in [1.82, 2.24) is 0 Å². The van der Waals surface area contributed by atoms with Gasteiger partial charge in [-0.2, -0.15) is 0 Å². The number of anilines is 1. The van der Waals surface area contributed by atoms with Crippen LogP contribution in [0, 0.1) is 5.92 Å². The molecular weight excluding hydrogens is 370 g/mol. The highest BCUT2D eigenvalue weighted by molar-refractivity contribution is 5.55. The van der Waals surface area contributed by atoms with Gasteiger partial charge < -0.3 is 30.1 Å². The Kier molecular flexibility index (Phi) is 7.74. The molecule has 0 radical (unpaired) electrons. The van der Waals surface area contributed by atoms with Crippen LogP contribution in [0.15, 0.2) is 18.2 Å². The van der Waals surface area contributed by atoms with Gasteiger partial charge in [0.05, 0.1) is 31.0 Å². The van der Waals surface area contributed by atoms with Gasteiger partial charge in [-0.05, 0) is 58.7 Å². The van der Waals surface area contributed by atoms with Crippen LogP contribution in [0.25, 0.3) is 0 Å². The first-order valence-electron chi connectivity index (χ1n) is 10.5. The van der Waals surface area contributed by atoms with Crippen molar-refractivity contribution in [3.63, 3.8) is 0 Å². The second kappa shape index (κ2) is 9.31. The zero-order valence-electron chi connectivity index (χ0n) is 18.9. The fourth-order valence-corrected chi connectivity index (χ4v) is 3.49. The number of aliphatic hydroxyl groups excluding tert-OH is 3. The Balaban J connectivity index is 2.25. The minimum Gasteiger partial charge on any atom is -0.394 e. The van der Waals surface area contributed by atoms with E-state index in [-0.39, 0.29) is 29.8 Å². The molecule has 5 unspecified atom stereocenters. The molecule has 0 amide bonds. The average molecular weight is 410 g/mol.